The summed E-state index contributed by atoms with van der Waals surface area (Å²) in [6.07, 6.45) is 1.88. The van der Waals surface area contributed by atoms with Crippen LogP contribution in [-0.2, 0) is 13.1 Å². The summed E-state index contributed by atoms with van der Waals surface area (Å²) in [4.78, 5) is 33.0. The molecule has 1 aliphatic heterocycles. The van der Waals surface area contributed by atoms with Crippen molar-refractivity contribution in [1.82, 2.24) is 24.8 Å². The van der Waals surface area contributed by atoms with Crippen molar-refractivity contribution >= 4 is 28.6 Å². The molecule has 0 aliphatic carbocycles. The van der Waals surface area contributed by atoms with Crippen LogP contribution in [0.3, 0.4) is 0 Å². The molecule has 1 aliphatic rings. The number of pyridine rings is 1. The Balaban J connectivity index is 1.63. The van der Waals surface area contributed by atoms with E-state index < -0.39 is 0 Å². The average Bonchev–Trinajstić information content (AvgIpc) is 3.12. The van der Waals surface area contributed by atoms with Gasteiger partial charge in [-0.2, -0.15) is 4.98 Å². The zero-order valence-corrected chi connectivity index (χ0v) is 19.5. The molecule has 0 saturated heterocycles. The zero-order chi connectivity index (χ0) is 22.8. The second-order valence-corrected chi connectivity index (χ2v) is 8.84. The number of carbonyl (C=O) groups is 1. The second-order valence-electron chi connectivity index (χ2n) is 8.84. The van der Waals surface area contributed by atoms with Crippen LogP contribution in [0.25, 0.3) is 10.9 Å². The van der Waals surface area contributed by atoms with Crippen molar-refractivity contribution in [3.8, 4) is 0 Å². The number of nitrogens with zero attached hydrogens (tertiary/aromatic N) is 6. The molecule has 4 rings (SSSR count). The fraction of sp³-hybridized carbons (Fsp3) is 0.417. The first-order valence-electron chi connectivity index (χ1n) is 11.0. The maximum absolute atomic E-state index is 13.0. The van der Waals surface area contributed by atoms with Crippen LogP contribution in [0.5, 0.6) is 0 Å². The van der Waals surface area contributed by atoms with Crippen molar-refractivity contribution in [3.05, 3.63) is 53.3 Å². The largest absolute Gasteiger partial charge is 0.365 e. The van der Waals surface area contributed by atoms with Crippen LogP contribution < -0.4 is 10.2 Å². The van der Waals surface area contributed by atoms with Crippen LogP contribution in [0.15, 0.2) is 36.5 Å². The third-order valence-electron chi connectivity index (χ3n) is 5.74. The van der Waals surface area contributed by atoms with Gasteiger partial charge in [-0.3, -0.25) is 9.78 Å². The van der Waals surface area contributed by atoms with Crippen LogP contribution in [0, 0.1) is 0 Å². The molecule has 1 aromatic carbocycles. The molecule has 3 heterocycles. The molecule has 0 saturated carbocycles. The van der Waals surface area contributed by atoms with Gasteiger partial charge in [-0.05, 0) is 45.6 Å². The average molecular weight is 434 g/mol. The van der Waals surface area contributed by atoms with E-state index in [4.69, 9.17) is 4.98 Å². The van der Waals surface area contributed by atoms with Crippen LogP contribution in [-0.4, -0.2) is 70.9 Å². The molecule has 0 bridgehead atoms. The number of carbonyl (C=O) groups excluding carboxylic acids is 1. The molecule has 0 radical (unpaired) electrons. The normalized spacial score (nSPS) is 13.3. The second kappa shape index (κ2) is 9.08. The molecule has 1 amide bonds. The minimum atomic E-state index is -0.0323. The summed E-state index contributed by atoms with van der Waals surface area (Å²) < 4.78 is 0. The topological polar surface area (TPSA) is 77.5 Å². The first-order chi connectivity index (χ1) is 15.3. The Morgan fingerprint density at radius 2 is 1.91 bits per heavy atom. The Morgan fingerprint density at radius 1 is 1.12 bits per heavy atom. The van der Waals surface area contributed by atoms with E-state index in [1.807, 2.05) is 69.2 Å². The van der Waals surface area contributed by atoms with Crippen molar-refractivity contribution in [1.29, 1.82) is 0 Å². The third kappa shape index (κ3) is 4.50. The number of aromatic nitrogens is 3. The summed E-state index contributed by atoms with van der Waals surface area (Å²) in [6.45, 7) is 6.77. The van der Waals surface area contributed by atoms with Gasteiger partial charge >= 0.3 is 0 Å². The number of likely N-dealkylation sites (N-methyl/N-ethyl adjacent to an activating group) is 2. The van der Waals surface area contributed by atoms with Gasteiger partial charge in [0, 0.05) is 49.9 Å². The summed E-state index contributed by atoms with van der Waals surface area (Å²) in [6, 6.07) is 10.3. The van der Waals surface area contributed by atoms with Crippen LogP contribution in [0.2, 0.25) is 0 Å². The fourth-order valence-corrected chi connectivity index (χ4v) is 3.76. The molecular weight excluding hydrogens is 402 g/mol. The van der Waals surface area contributed by atoms with Crippen molar-refractivity contribution in [3.63, 3.8) is 0 Å². The van der Waals surface area contributed by atoms with E-state index in [0.29, 0.717) is 30.5 Å². The van der Waals surface area contributed by atoms with E-state index >= 15 is 0 Å². The first kappa shape index (κ1) is 22.0. The van der Waals surface area contributed by atoms with Gasteiger partial charge in [-0.15, -0.1) is 0 Å². The van der Waals surface area contributed by atoms with Crippen LogP contribution in [0.4, 0.5) is 11.8 Å². The highest BCUT2D eigenvalue weighted by Gasteiger charge is 2.34. The Bertz CT molecular complexity index is 1130. The summed E-state index contributed by atoms with van der Waals surface area (Å²) in [5, 5.41) is 4.56. The van der Waals surface area contributed by atoms with Crippen molar-refractivity contribution < 1.29 is 4.79 Å². The molecule has 2 aromatic heterocycles. The zero-order valence-electron chi connectivity index (χ0n) is 19.5. The standard InChI is InChI=1S/C24H31N7O/c1-16(2)31-15-19-21(23(31)32)27-24(30(5)11-10-29(3)4)28-22(19)26-14-17-12-18-8-6-7-9-20(18)25-13-17/h6-9,12-13,16H,10-11,14-15H2,1-5H3,(H,26,27,28). The molecule has 8 heteroatoms. The molecule has 0 atom stereocenters. The summed E-state index contributed by atoms with van der Waals surface area (Å²) in [5.41, 5.74) is 3.40. The Kier molecular flexibility index (Phi) is 6.23. The molecule has 0 fully saturated rings. The Hall–Kier alpha value is -3.26. The lowest BCUT2D eigenvalue weighted by Crippen LogP contribution is -2.31. The maximum Gasteiger partial charge on any atom is 0.273 e. The minimum absolute atomic E-state index is 0.0323. The lowest BCUT2D eigenvalue weighted by atomic mass is 10.1. The van der Waals surface area contributed by atoms with Gasteiger partial charge in [-0.1, -0.05) is 18.2 Å². The van der Waals surface area contributed by atoms with E-state index in [9.17, 15) is 4.79 Å². The number of hydrogen-bond acceptors (Lipinski definition) is 7. The van der Waals surface area contributed by atoms with E-state index in [0.717, 1.165) is 35.1 Å². The van der Waals surface area contributed by atoms with Gasteiger partial charge in [0.05, 0.1) is 12.1 Å². The first-order valence-corrected chi connectivity index (χ1v) is 11.0. The number of fused-ring (bicyclic) bond motifs is 2. The van der Waals surface area contributed by atoms with Crippen molar-refractivity contribution in [2.75, 3.05) is 44.4 Å². The van der Waals surface area contributed by atoms with E-state index in [-0.39, 0.29) is 11.9 Å². The van der Waals surface area contributed by atoms with Gasteiger partial charge in [0.1, 0.15) is 11.5 Å². The number of amides is 1. The SMILES string of the molecule is CC(C)N1Cc2c(NCc3cnc4ccccc4c3)nc(N(C)CCN(C)C)nc2C1=O. The summed E-state index contributed by atoms with van der Waals surface area (Å²) in [7, 11) is 6.03. The molecular formula is C24H31N7O. The van der Waals surface area contributed by atoms with Crippen LogP contribution in [0.1, 0.15) is 35.5 Å². The lowest BCUT2D eigenvalue weighted by molar-refractivity contribution is 0.0726. The van der Waals surface area contributed by atoms with Gasteiger partial charge < -0.3 is 20.0 Å². The number of rotatable bonds is 8. The number of anilines is 2. The summed E-state index contributed by atoms with van der Waals surface area (Å²) >= 11 is 0. The molecule has 8 nitrogen and oxygen atoms in total. The predicted octanol–water partition coefficient (Wildman–Crippen LogP) is 3.00. The highest BCUT2D eigenvalue weighted by molar-refractivity contribution is 5.98. The van der Waals surface area contributed by atoms with Gasteiger partial charge in [0.2, 0.25) is 5.95 Å². The van der Waals surface area contributed by atoms with Crippen molar-refractivity contribution in [2.24, 2.45) is 0 Å². The molecule has 32 heavy (non-hydrogen) atoms. The lowest BCUT2D eigenvalue weighted by Gasteiger charge is -2.21. The number of nitrogens with one attached hydrogen (secondary N) is 1. The van der Waals surface area contributed by atoms with Gasteiger partial charge in [-0.25, -0.2) is 4.98 Å². The monoisotopic (exact) mass is 433 g/mol. The Labute approximate surface area is 189 Å². The smallest absolute Gasteiger partial charge is 0.273 e. The van der Waals surface area contributed by atoms with Crippen LogP contribution >= 0.6 is 0 Å². The molecule has 168 valence electrons. The third-order valence-corrected chi connectivity index (χ3v) is 5.74. The van der Waals surface area contributed by atoms with Gasteiger partial charge in [0.15, 0.2) is 0 Å². The molecule has 1 N–H and O–H groups in total. The predicted molar refractivity (Wildman–Crippen MR) is 128 cm³/mol. The fourth-order valence-electron chi connectivity index (χ4n) is 3.76. The number of para-hydroxylation sites is 1. The highest BCUT2D eigenvalue weighted by Crippen LogP contribution is 2.30. The molecule has 3 aromatic rings. The van der Waals surface area contributed by atoms with E-state index in [1.54, 1.807) is 0 Å². The number of hydrogen-bond donors (Lipinski definition) is 1. The quantitative estimate of drug-likeness (QED) is 0.585. The maximum atomic E-state index is 13.0. The minimum Gasteiger partial charge on any atom is -0.365 e. The highest BCUT2D eigenvalue weighted by atomic mass is 16.2. The van der Waals surface area contributed by atoms with Gasteiger partial charge in [0.25, 0.3) is 5.91 Å². The number of benzene rings is 1. The Morgan fingerprint density at radius 3 is 2.66 bits per heavy atom. The molecule has 0 unspecified atom stereocenters. The van der Waals surface area contributed by atoms with E-state index in [2.05, 4.69) is 32.3 Å². The van der Waals surface area contributed by atoms with Crippen molar-refractivity contribution in [2.45, 2.75) is 33.0 Å². The van der Waals surface area contributed by atoms with E-state index in [1.165, 1.54) is 0 Å². The molecule has 0 spiro atoms. The summed E-state index contributed by atoms with van der Waals surface area (Å²) in [5.74, 6) is 1.24.